The zero-order valence-electron chi connectivity index (χ0n) is 13.4. The van der Waals surface area contributed by atoms with Gasteiger partial charge in [0.1, 0.15) is 6.04 Å². The minimum atomic E-state index is -4.39. The highest BCUT2D eigenvalue weighted by Crippen LogP contribution is 2.42. The maximum absolute atomic E-state index is 12.7. The second-order valence-electron chi connectivity index (χ2n) is 5.96. The molecule has 2 aromatic rings. The zero-order valence-corrected chi connectivity index (χ0v) is 15.0. The van der Waals surface area contributed by atoms with Gasteiger partial charge < -0.3 is 5.11 Å². The molecule has 0 saturated carbocycles. The predicted molar refractivity (Wildman–Crippen MR) is 95.1 cm³/mol. The summed E-state index contributed by atoms with van der Waals surface area (Å²) in [6, 6.07) is 11.3. The zero-order chi connectivity index (χ0) is 18.9. The molecule has 8 heteroatoms. The molecule has 26 heavy (non-hydrogen) atoms. The number of nitrogens with zero attached hydrogens (tertiary/aromatic N) is 1. The number of halogens is 4. The molecule has 2 aromatic carbocycles. The van der Waals surface area contributed by atoms with E-state index in [2.05, 4.69) is 0 Å². The number of aliphatic carboxylic acids is 1. The summed E-state index contributed by atoms with van der Waals surface area (Å²) < 4.78 is 38.1. The van der Waals surface area contributed by atoms with Gasteiger partial charge >= 0.3 is 12.1 Å². The van der Waals surface area contributed by atoms with Crippen LogP contribution in [-0.2, 0) is 17.5 Å². The Morgan fingerprint density at radius 1 is 1.15 bits per heavy atom. The molecule has 0 spiro atoms. The van der Waals surface area contributed by atoms with Gasteiger partial charge in [0.05, 0.1) is 10.9 Å². The fraction of sp³-hybridized carbons (Fsp3) is 0.278. The molecule has 1 aliphatic heterocycles. The molecule has 1 N–H and O–H groups in total. The first-order valence-corrected chi connectivity index (χ1v) is 9.20. The van der Waals surface area contributed by atoms with Crippen molar-refractivity contribution in [2.75, 3.05) is 5.75 Å². The van der Waals surface area contributed by atoms with Crippen LogP contribution in [0.5, 0.6) is 0 Å². The minimum Gasteiger partial charge on any atom is -0.480 e. The molecule has 2 unspecified atom stereocenters. The average molecular weight is 402 g/mol. The summed E-state index contributed by atoms with van der Waals surface area (Å²) in [6.07, 6.45) is -4.39. The molecule has 0 aliphatic carbocycles. The van der Waals surface area contributed by atoms with E-state index < -0.39 is 23.8 Å². The van der Waals surface area contributed by atoms with Crippen molar-refractivity contribution in [3.05, 3.63) is 70.2 Å². The van der Waals surface area contributed by atoms with Crippen molar-refractivity contribution < 1.29 is 23.1 Å². The number of hydrogen-bond donors (Lipinski definition) is 1. The lowest BCUT2D eigenvalue weighted by Gasteiger charge is -2.27. The molecular formula is C18H15ClF3NO2S. The molecule has 0 amide bonds. The van der Waals surface area contributed by atoms with Crippen molar-refractivity contribution >= 4 is 29.3 Å². The van der Waals surface area contributed by atoms with E-state index in [9.17, 15) is 23.1 Å². The lowest BCUT2D eigenvalue weighted by Crippen LogP contribution is -2.38. The van der Waals surface area contributed by atoms with E-state index in [4.69, 9.17) is 11.6 Å². The van der Waals surface area contributed by atoms with Crippen molar-refractivity contribution in [3.63, 3.8) is 0 Å². The van der Waals surface area contributed by atoms with Crippen LogP contribution in [0.25, 0.3) is 0 Å². The average Bonchev–Trinajstić information content (AvgIpc) is 2.99. The summed E-state index contributed by atoms with van der Waals surface area (Å²) in [5.74, 6) is -0.538. The maximum Gasteiger partial charge on any atom is 0.416 e. The van der Waals surface area contributed by atoms with Crippen LogP contribution < -0.4 is 0 Å². The number of carboxylic acids is 1. The van der Waals surface area contributed by atoms with E-state index in [1.54, 1.807) is 17.0 Å². The first-order valence-electron chi connectivity index (χ1n) is 7.77. The third-order valence-corrected chi connectivity index (χ3v) is 5.82. The van der Waals surface area contributed by atoms with Crippen molar-refractivity contribution in [3.8, 4) is 0 Å². The number of alkyl halides is 3. The van der Waals surface area contributed by atoms with Crippen LogP contribution in [0.1, 0.15) is 22.1 Å². The van der Waals surface area contributed by atoms with Gasteiger partial charge in [0.2, 0.25) is 0 Å². The summed E-state index contributed by atoms with van der Waals surface area (Å²) in [5, 5.41) is 9.88. The molecular weight excluding hydrogens is 387 g/mol. The van der Waals surface area contributed by atoms with E-state index >= 15 is 0 Å². The lowest BCUT2D eigenvalue weighted by atomic mass is 10.1. The maximum atomic E-state index is 12.7. The number of benzene rings is 2. The molecule has 1 aliphatic rings. The van der Waals surface area contributed by atoms with Crippen molar-refractivity contribution in [1.82, 2.24) is 4.90 Å². The summed E-state index contributed by atoms with van der Waals surface area (Å²) in [5.41, 5.74) is 0.821. The van der Waals surface area contributed by atoms with E-state index in [0.29, 0.717) is 16.3 Å². The first-order chi connectivity index (χ1) is 12.3. The van der Waals surface area contributed by atoms with Crippen molar-refractivity contribution in [1.29, 1.82) is 0 Å². The summed E-state index contributed by atoms with van der Waals surface area (Å²) >= 11 is 7.40. The van der Waals surface area contributed by atoms with Crippen LogP contribution in [0.3, 0.4) is 0 Å². The fourth-order valence-corrected chi connectivity index (χ4v) is 4.46. The largest absolute Gasteiger partial charge is 0.480 e. The van der Waals surface area contributed by atoms with Crippen LogP contribution in [0, 0.1) is 0 Å². The van der Waals surface area contributed by atoms with Gasteiger partial charge in [-0.15, -0.1) is 11.8 Å². The van der Waals surface area contributed by atoms with E-state index in [0.717, 1.165) is 17.7 Å². The van der Waals surface area contributed by atoms with E-state index in [1.165, 1.54) is 23.9 Å². The highest BCUT2D eigenvalue weighted by atomic mass is 35.5. The van der Waals surface area contributed by atoms with Gasteiger partial charge in [-0.2, -0.15) is 13.2 Å². The van der Waals surface area contributed by atoms with E-state index in [1.807, 2.05) is 12.1 Å². The monoisotopic (exact) mass is 401 g/mol. The van der Waals surface area contributed by atoms with Crippen LogP contribution in [0.15, 0.2) is 48.5 Å². The highest BCUT2D eigenvalue weighted by molar-refractivity contribution is 7.99. The van der Waals surface area contributed by atoms with Gasteiger partial charge in [-0.1, -0.05) is 35.9 Å². The third-order valence-electron chi connectivity index (χ3n) is 4.20. The number of carboxylic acid groups (broad SMARTS) is 1. The quantitative estimate of drug-likeness (QED) is 0.777. The molecule has 0 radical (unpaired) electrons. The van der Waals surface area contributed by atoms with Crippen LogP contribution in [0.2, 0.25) is 5.02 Å². The Balaban J connectivity index is 1.85. The first kappa shape index (κ1) is 19.1. The van der Waals surface area contributed by atoms with E-state index in [-0.39, 0.29) is 11.9 Å². The van der Waals surface area contributed by atoms with Gasteiger partial charge in [-0.25, -0.2) is 0 Å². The third kappa shape index (κ3) is 4.16. The molecule has 1 heterocycles. The standard InChI is InChI=1S/C18H15ClF3NO2S/c19-14-7-3-12(4-8-14)16-23(15(10-26-16)17(24)25)9-11-1-5-13(6-2-11)18(20,21)22/h1-8,15-16H,9-10H2,(H,24,25). The van der Waals surface area contributed by atoms with Crippen molar-refractivity contribution in [2.45, 2.75) is 24.1 Å². The predicted octanol–water partition coefficient (Wildman–Crippen LogP) is 5.06. The molecule has 0 bridgehead atoms. The molecule has 2 atom stereocenters. The van der Waals surface area contributed by atoms with Crippen molar-refractivity contribution in [2.24, 2.45) is 0 Å². The summed E-state index contributed by atoms with van der Waals surface area (Å²) in [4.78, 5) is 13.4. The van der Waals surface area contributed by atoms with Gasteiger partial charge in [0, 0.05) is 17.3 Å². The molecule has 1 saturated heterocycles. The minimum absolute atomic E-state index is 0.198. The van der Waals surface area contributed by atoms with Gasteiger partial charge in [0.15, 0.2) is 0 Å². The Labute approximate surface area is 157 Å². The summed E-state index contributed by atoms with van der Waals surface area (Å²) in [6.45, 7) is 0.245. The van der Waals surface area contributed by atoms with Crippen LogP contribution in [-0.4, -0.2) is 27.8 Å². The summed E-state index contributed by atoms with van der Waals surface area (Å²) in [7, 11) is 0. The topological polar surface area (TPSA) is 40.5 Å². The Bertz CT molecular complexity index is 781. The number of thioether (sulfide) groups is 1. The highest BCUT2D eigenvalue weighted by Gasteiger charge is 2.39. The normalized spacial score (nSPS) is 21.1. The van der Waals surface area contributed by atoms with Gasteiger partial charge in [0.25, 0.3) is 0 Å². The molecule has 3 nitrogen and oxygen atoms in total. The second-order valence-corrected chi connectivity index (χ2v) is 7.51. The van der Waals surface area contributed by atoms with Gasteiger partial charge in [-0.3, -0.25) is 9.69 Å². The Morgan fingerprint density at radius 3 is 2.31 bits per heavy atom. The number of rotatable bonds is 4. The number of hydrogen-bond acceptors (Lipinski definition) is 3. The smallest absolute Gasteiger partial charge is 0.416 e. The van der Waals surface area contributed by atoms with Crippen LogP contribution in [0.4, 0.5) is 13.2 Å². The molecule has 138 valence electrons. The SMILES string of the molecule is O=C(O)C1CSC(c2ccc(Cl)cc2)N1Cc1ccc(C(F)(F)F)cc1. The van der Waals surface area contributed by atoms with Gasteiger partial charge in [-0.05, 0) is 35.4 Å². The number of carbonyl (C=O) groups is 1. The Hall–Kier alpha value is -1.70. The fourth-order valence-electron chi connectivity index (χ4n) is 2.87. The Morgan fingerprint density at radius 2 is 1.77 bits per heavy atom. The molecule has 0 aromatic heterocycles. The molecule has 1 fully saturated rings. The van der Waals surface area contributed by atoms with Crippen LogP contribution >= 0.6 is 23.4 Å². The Kier molecular flexibility index (Phi) is 5.50. The second kappa shape index (κ2) is 7.50. The molecule has 3 rings (SSSR count). The lowest BCUT2D eigenvalue weighted by molar-refractivity contribution is -0.142.